The fraction of sp³-hybridized carbons (Fsp3) is 0.583. The van der Waals surface area contributed by atoms with Gasteiger partial charge in [0.2, 0.25) is 5.82 Å². The number of nitrogens with one attached hydrogen (secondary N) is 1. The molecule has 7 heteroatoms. The predicted molar refractivity (Wildman–Crippen MR) is 77.2 cm³/mol. The van der Waals surface area contributed by atoms with Gasteiger partial charge in [-0.25, -0.2) is 4.98 Å². The molecular weight excluding hydrogens is 314 g/mol. The van der Waals surface area contributed by atoms with Gasteiger partial charge in [0.25, 0.3) is 0 Å². The van der Waals surface area contributed by atoms with Crippen LogP contribution < -0.4 is 5.32 Å². The summed E-state index contributed by atoms with van der Waals surface area (Å²) in [5, 5.41) is 23.2. The van der Waals surface area contributed by atoms with Crippen molar-refractivity contribution in [2.75, 3.05) is 11.9 Å². The Kier molecular flexibility index (Phi) is 5.25. The molecule has 1 aromatic rings. The summed E-state index contributed by atoms with van der Waals surface area (Å²) in [6.45, 7) is 6.03. The first-order valence-electron chi connectivity index (χ1n) is 5.93. The minimum absolute atomic E-state index is 0.0132. The number of nitro groups is 1. The van der Waals surface area contributed by atoms with Crippen LogP contribution in [0, 0.1) is 15.5 Å². The summed E-state index contributed by atoms with van der Waals surface area (Å²) in [6.07, 6.45) is 2.01. The zero-order valence-corrected chi connectivity index (χ0v) is 12.8. The molecule has 0 spiro atoms. The van der Waals surface area contributed by atoms with E-state index in [1.807, 2.05) is 20.8 Å². The quantitative estimate of drug-likeness (QED) is 0.639. The van der Waals surface area contributed by atoms with Gasteiger partial charge in [-0.1, -0.05) is 20.8 Å². The predicted octanol–water partition coefficient (Wildman–Crippen LogP) is 2.96. The molecule has 0 saturated heterocycles. The minimum Gasteiger partial charge on any atom is -0.396 e. The van der Waals surface area contributed by atoms with Crippen LogP contribution in [-0.2, 0) is 0 Å². The van der Waals surface area contributed by atoms with E-state index >= 15 is 0 Å². The Morgan fingerprint density at radius 1 is 1.58 bits per heavy atom. The molecule has 0 aliphatic rings. The zero-order chi connectivity index (χ0) is 14.6. The van der Waals surface area contributed by atoms with Gasteiger partial charge in [0.15, 0.2) is 0 Å². The monoisotopic (exact) mass is 331 g/mol. The van der Waals surface area contributed by atoms with Crippen LogP contribution in [0.5, 0.6) is 0 Å². The van der Waals surface area contributed by atoms with Gasteiger partial charge in [0.1, 0.15) is 0 Å². The second-order valence-electron chi connectivity index (χ2n) is 5.35. The number of nitrogens with zero attached hydrogens (tertiary/aromatic N) is 2. The molecule has 2 N–H and O–H groups in total. The molecule has 0 aliphatic heterocycles. The number of hydrogen-bond donors (Lipinski definition) is 2. The van der Waals surface area contributed by atoms with Gasteiger partial charge in [0.05, 0.1) is 4.92 Å². The highest BCUT2D eigenvalue weighted by molar-refractivity contribution is 9.10. The fourth-order valence-corrected chi connectivity index (χ4v) is 2.01. The molecule has 0 amide bonds. The summed E-state index contributed by atoms with van der Waals surface area (Å²) in [5.74, 6) is 0.224. The molecule has 106 valence electrons. The van der Waals surface area contributed by atoms with Crippen LogP contribution in [0.1, 0.15) is 27.2 Å². The van der Waals surface area contributed by atoms with E-state index < -0.39 is 4.92 Å². The minimum atomic E-state index is -0.473. The van der Waals surface area contributed by atoms with Crippen LogP contribution in [0.2, 0.25) is 0 Å². The summed E-state index contributed by atoms with van der Waals surface area (Å²) in [5.41, 5.74) is -0.229. The molecule has 0 aliphatic carbocycles. The normalized spacial score (nSPS) is 13.1. The average Bonchev–Trinajstić information content (AvgIpc) is 2.29. The van der Waals surface area contributed by atoms with Crippen molar-refractivity contribution in [1.82, 2.24) is 4.98 Å². The third-order valence-corrected chi connectivity index (χ3v) is 3.24. The van der Waals surface area contributed by atoms with Crippen molar-refractivity contribution in [3.63, 3.8) is 0 Å². The van der Waals surface area contributed by atoms with Gasteiger partial charge >= 0.3 is 5.69 Å². The molecule has 0 aromatic carbocycles. The highest BCUT2D eigenvalue weighted by Crippen LogP contribution is 2.30. The first-order valence-corrected chi connectivity index (χ1v) is 6.72. The lowest BCUT2D eigenvalue weighted by atomic mass is 9.85. The Morgan fingerprint density at radius 2 is 2.21 bits per heavy atom. The Balaban J connectivity index is 3.06. The first-order chi connectivity index (χ1) is 8.75. The number of rotatable bonds is 5. The lowest BCUT2D eigenvalue weighted by molar-refractivity contribution is -0.384. The van der Waals surface area contributed by atoms with Crippen molar-refractivity contribution in [1.29, 1.82) is 0 Å². The molecule has 1 heterocycles. The van der Waals surface area contributed by atoms with Gasteiger partial charge in [-0.15, -0.1) is 0 Å². The Bertz CT molecular complexity index is 460. The largest absolute Gasteiger partial charge is 0.396 e. The molecule has 0 bridgehead atoms. The van der Waals surface area contributed by atoms with E-state index in [1.54, 1.807) is 0 Å². The lowest BCUT2D eigenvalue weighted by Crippen LogP contribution is -2.35. The van der Waals surface area contributed by atoms with Crippen LogP contribution in [0.15, 0.2) is 16.7 Å². The topological polar surface area (TPSA) is 88.3 Å². The van der Waals surface area contributed by atoms with E-state index in [9.17, 15) is 10.1 Å². The number of aromatic nitrogens is 1. The van der Waals surface area contributed by atoms with E-state index in [4.69, 9.17) is 5.11 Å². The average molecular weight is 332 g/mol. The molecule has 19 heavy (non-hydrogen) atoms. The number of hydrogen-bond acceptors (Lipinski definition) is 5. The molecule has 0 fully saturated rings. The van der Waals surface area contributed by atoms with Crippen LogP contribution >= 0.6 is 15.9 Å². The molecular formula is C12H18BrN3O3. The van der Waals surface area contributed by atoms with Crippen LogP contribution in [-0.4, -0.2) is 27.7 Å². The number of aliphatic hydroxyl groups excluding tert-OH is 1. The third-order valence-electron chi connectivity index (χ3n) is 2.81. The fourth-order valence-electron chi connectivity index (χ4n) is 1.69. The maximum absolute atomic E-state index is 11.0. The molecule has 1 rings (SSSR count). The number of anilines is 1. The van der Waals surface area contributed by atoms with Crippen molar-refractivity contribution < 1.29 is 10.0 Å². The van der Waals surface area contributed by atoms with E-state index in [2.05, 4.69) is 26.2 Å². The van der Waals surface area contributed by atoms with Crippen molar-refractivity contribution in [2.24, 2.45) is 5.41 Å². The van der Waals surface area contributed by atoms with Crippen LogP contribution in [0.3, 0.4) is 0 Å². The smallest absolute Gasteiger partial charge is 0.312 e. The summed E-state index contributed by atoms with van der Waals surface area (Å²) < 4.78 is 0.555. The Hall–Kier alpha value is -1.21. The number of pyridine rings is 1. The first kappa shape index (κ1) is 15.8. The molecule has 1 aromatic heterocycles. The van der Waals surface area contributed by atoms with Crippen molar-refractivity contribution in [3.05, 3.63) is 26.9 Å². The SMILES string of the molecule is CC(C)(C)C(CCO)Nc1ncc(Br)cc1[N+](=O)[O-]. The zero-order valence-electron chi connectivity index (χ0n) is 11.2. The third kappa shape index (κ3) is 4.43. The lowest BCUT2D eigenvalue weighted by Gasteiger charge is -2.31. The highest BCUT2D eigenvalue weighted by Gasteiger charge is 2.27. The molecule has 6 nitrogen and oxygen atoms in total. The molecule has 1 atom stereocenters. The van der Waals surface area contributed by atoms with Gasteiger partial charge in [0, 0.05) is 29.4 Å². The standard InChI is InChI=1S/C12H18BrN3O3/c1-12(2,3)10(4-5-17)15-11-9(16(18)19)6-8(13)7-14-11/h6-7,10,17H,4-5H2,1-3H3,(H,14,15). The van der Waals surface area contributed by atoms with Gasteiger partial charge in [-0.05, 0) is 27.8 Å². The number of aliphatic hydroxyl groups is 1. The summed E-state index contributed by atoms with van der Waals surface area (Å²) in [6, 6.07) is 1.30. The van der Waals surface area contributed by atoms with E-state index in [-0.39, 0.29) is 29.6 Å². The summed E-state index contributed by atoms with van der Waals surface area (Å²) in [7, 11) is 0. The Morgan fingerprint density at radius 3 is 2.68 bits per heavy atom. The van der Waals surface area contributed by atoms with Gasteiger partial charge < -0.3 is 10.4 Å². The molecule has 1 unspecified atom stereocenters. The van der Waals surface area contributed by atoms with Crippen molar-refractivity contribution in [2.45, 2.75) is 33.2 Å². The van der Waals surface area contributed by atoms with Gasteiger partial charge in [-0.2, -0.15) is 0 Å². The second-order valence-corrected chi connectivity index (χ2v) is 6.27. The van der Waals surface area contributed by atoms with Gasteiger partial charge in [-0.3, -0.25) is 10.1 Å². The number of halogens is 1. The maximum Gasteiger partial charge on any atom is 0.312 e. The Labute approximate surface area is 120 Å². The van der Waals surface area contributed by atoms with Crippen molar-refractivity contribution >= 4 is 27.4 Å². The molecule has 0 radical (unpaired) electrons. The van der Waals surface area contributed by atoms with Crippen LogP contribution in [0.25, 0.3) is 0 Å². The second kappa shape index (κ2) is 6.29. The summed E-state index contributed by atoms with van der Waals surface area (Å²) >= 11 is 3.17. The summed E-state index contributed by atoms with van der Waals surface area (Å²) in [4.78, 5) is 14.6. The maximum atomic E-state index is 11.0. The van der Waals surface area contributed by atoms with E-state index in [1.165, 1.54) is 12.3 Å². The van der Waals surface area contributed by atoms with Crippen molar-refractivity contribution in [3.8, 4) is 0 Å². The highest BCUT2D eigenvalue weighted by atomic mass is 79.9. The molecule has 0 saturated carbocycles. The van der Waals surface area contributed by atoms with E-state index in [0.29, 0.717) is 10.9 Å². The van der Waals surface area contributed by atoms with E-state index in [0.717, 1.165) is 0 Å². The van der Waals surface area contributed by atoms with Crippen LogP contribution in [0.4, 0.5) is 11.5 Å².